The lowest BCUT2D eigenvalue weighted by molar-refractivity contribution is -0.384. The van der Waals surface area contributed by atoms with Crippen molar-refractivity contribution in [2.45, 2.75) is 11.3 Å². The quantitative estimate of drug-likeness (QED) is 0.186. The van der Waals surface area contributed by atoms with Gasteiger partial charge in [0.25, 0.3) is 5.69 Å². The molecule has 0 fully saturated rings. The monoisotopic (exact) mass is 419 g/mol. The Hall–Kier alpha value is -3.14. The largest absolute Gasteiger partial charge is 0.378 e. The summed E-state index contributed by atoms with van der Waals surface area (Å²) in [5, 5.41) is 20.3. The van der Waals surface area contributed by atoms with Gasteiger partial charge in [-0.2, -0.15) is 0 Å². The topological polar surface area (TPSA) is 126 Å². The number of nitro groups is 1. The van der Waals surface area contributed by atoms with E-state index in [1.807, 2.05) is 0 Å². The molecule has 2 aromatic carbocycles. The first-order valence-corrected chi connectivity index (χ1v) is 10.9. The average Bonchev–Trinajstić information content (AvgIpc) is 2.69. The summed E-state index contributed by atoms with van der Waals surface area (Å²) < 4.78 is 23.0. The second-order valence-corrected chi connectivity index (χ2v) is 8.31. The lowest BCUT2D eigenvalue weighted by Crippen LogP contribution is -2.40. The van der Waals surface area contributed by atoms with Gasteiger partial charge in [-0.3, -0.25) is 15.1 Å². The third-order valence-electron chi connectivity index (χ3n) is 4.11. The first kappa shape index (κ1) is 22.2. The van der Waals surface area contributed by atoms with Crippen molar-refractivity contribution in [1.82, 2.24) is 10.6 Å². The highest BCUT2D eigenvalue weighted by atomic mass is 32.2. The summed E-state index contributed by atoms with van der Waals surface area (Å²) in [7, 11) is -1.53. The Bertz CT molecular complexity index is 959. The number of hydrogen-bond donors (Lipinski definition) is 3. The Morgan fingerprint density at radius 3 is 2.31 bits per heavy atom. The van der Waals surface area contributed by atoms with E-state index in [1.165, 1.54) is 12.3 Å². The van der Waals surface area contributed by atoms with Crippen LogP contribution in [0.5, 0.6) is 0 Å². The maximum absolute atomic E-state index is 11.5. The number of nitro benzene ring substituents is 1. The molecule has 0 spiro atoms. The van der Waals surface area contributed by atoms with Gasteiger partial charge < -0.3 is 16.0 Å². The van der Waals surface area contributed by atoms with Gasteiger partial charge in [-0.05, 0) is 30.2 Å². The van der Waals surface area contributed by atoms with Crippen LogP contribution in [0.2, 0.25) is 0 Å². The molecule has 156 valence electrons. The molecule has 0 saturated carbocycles. The first-order chi connectivity index (χ1) is 13.8. The maximum atomic E-state index is 11.5. The molecule has 0 amide bonds. The Balaban J connectivity index is 1.74. The maximum Gasteiger partial charge on any atom is 0.292 e. The van der Waals surface area contributed by atoms with Gasteiger partial charge in [0, 0.05) is 39.0 Å². The molecule has 0 aliphatic heterocycles. The lowest BCUT2D eigenvalue weighted by atomic mass is 10.1. The minimum Gasteiger partial charge on any atom is -0.378 e. The van der Waals surface area contributed by atoms with E-state index in [1.54, 1.807) is 49.5 Å². The number of hydrogen-bond acceptors (Lipinski definition) is 6. The van der Waals surface area contributed by atoms with Gasteiger partial charge in [0.05, 0.1) is 9.82 Å². The van der Waals surface area contributed by atoms with Gasteiger partial charge >= 0.3 is 0 Å². The predicted octanol–water partition coefficient (Wildman–Crippen LogP) is 1.82. The number of nitrogens with one attached hydrogen (secondary N) is 3. The van der Waals surface area contributed by atoms with Crippen molar-refractivity contribution in [3.63, 3.8) is 0 Å². The molecule has 0 unspecified atom stereocenters. The molecule has 0 aromatic heterocycles. The van der Waals surface area contributed by atoms with Crippen molar-refractivity contribution in [2.75, 3.05) is 38.3 Å². The summed E-state index contributed by atoms with van der Waals surface area (Å²) in [6, 6.07) is 13.3. The summed E-state index contributed by atoms with van der Waals surface area (Å²) in [6.45, 7) is 1.63. The van der Waals surface area contributed by atoms with Crippen LogP contribution in [-0.4, -0.2) is 52.2 Å². The van der Waals surface area contributed by atoms with Crippen LogP contribution in [0.1, 0.15) is 5.56 Å². The minimum absolute atomic E-state index is 0.0388. The van der Waals surface area contributed by atoms with Gasteiger partial charge in [0.2, 0.25) is 0 Å². The van der Waals surface area contributed by atoms with Crippen LogP contribution in [0.4, 0.5) is 11.4 Å². The molecule has 2 aromatic rings. The van der Waals surface area contributed by atoms with E-state index in [-0.39, 0.29) is 5.69 Å². The Morgan fingerprint density at radius 1 is 1.03 bits per heavy atom. The summed E-state index contributed by atoms with van der Waals surface area (Å²) >= 11 is 0. The zero-order chi connectivity index (χ0) is 21.3. The molecule has 0 aliphatic carbocycles. The lowest BCUT2D eigenvalue weighted by Gasteiger charge is -2.13. The second-order valence-electron chi connectivity index (χ2n) is 6.29. The zero-order valence-electron chi connectivity index (χ0n) is 16.4. The Labute approximate surface area is 170 Å². The molecular weight excluding hydrogens is 394 g/mol. The normalized spacial score (nSPS) is 11.7. The molecule has 10 heteroatoms. The fraction of sp³-hybridized carbons (Fsp3) is 0.316. The number of para-hydroxylation sites is 2. The second kappa shape index (κ2) is 10.4. The highest BCUT2D eigenvalue weighted by Gasteiger charge is 2.11. The van der Waals surface area contributed by atoms with Gasteiger partial charge in [-0.15, -0.1) is 0 Å². The average molecular weight is 420 g/mol. The molecule has 9 nitrogen and oxygen atoms in total. The van der Waals surface area contributed by atoms with Crippen LogP contribution in [0.15, 0.2) is 58.4 Å². The predicted molar refractivity (Wildman–Crippen MR) is 114 cm³/mol. The fourth-order valence-electron chi connectivity index (χ4n) is 2.61. The summed E-state index contributed by atoms with van der Waals surface area (Å²) in [5.41, 5.74) is 1.52. The third kappa shape index (κ3) is 7.07. The number of benzene rings is 2. The van der Waals surface area contributed by atoms with Crippen LogP contribution in [0.25, 0.3) is 0 Å². The summed E-state index contributed by atoms with van der Waals surface area (Å²) in [4.78, 5) is 15.0. The van der Waals surface area contributed by atoms with Crippen molar-refractivity contribution in [3.8, 4) is 0 Å². The fourth-order valence-corrected chi connectivity index (χ4v) is 3.24. The summed E-state index contributed by atoms with van der Waals surface area (Å²) in [6.07, 6.45) is 1.89. The van der Waals surface area contributed by atoms with Crippen molar-refractivity contribution in [3.05, 3.63) is 64.2 Å². The number of rotatable bonds is 9. The molecule has 29 heavy (non-hydrogen) atoms. The number of nitrogens with zero attached hydrogens (tertiary/aromatic N) is 2. The van der Waals surface area contributed by atoms with Crippen molar-refractivity contribution in [1.29, 1.82) is 0 Å². The van der Waals surface area contributed by atoms with Crippen LogP contribution >= 0.6 is 0 Å². The molecular formula is C19H25N5O4S. The highest BCUT2D eigenvalue weighted by molar-refractivity contribution is 7.90. The zero-order valence-corrected chi connectivity index (χ0v) is 17.2. The van der Waals surface area contributed by atoms with Crippen molar-refractivity contribution in [2.24, 2.45) is 4.99 Å². The van der Waals surface area contributed by atoms with E-state index >= 15 is 0 Å². The van der Waals surface area contributed by atoms with Crippen molar-refractivity contribution >= 4 is 27.2 Å². The van der Waals surface area contributed by atoms with Crippen LogP contribution < -0.4 is 16.0 Å². The van der Waals surface area contributed by atoms with Gasteiger partial charge in [-0.1, -0.05) is 24.3 Å². The van der Waals surface area contributed by atoms with E-state index in [4.69, 9.17) is 0 Å². The first-order valence-electron chi connectivity index (χ1n) is 9.02. The molecule has 3 N–H and O–H groups in total. The number of aliphatic imine (C=N–C) groups is 1. The third-order valence-corrected chi connectivity index (χ3v) is 5.24. The SMILES string of the molecule is CN=C(NCCNc1ccccc1[N+](=O)[O-])NCCc1ccc(S(C)(=O)=O)cc1. The van der Waals surface area contributed by atoms with Crippen LogP contribution in [0.3, 0.4) is 0 Å². The molecule has 0 bridgehead atoms. The van der Waals surface area contributed by atoms with Gasteiger partial charge in [-0.25, -0.2) is 8.42 Å². The van der Waals surface area contributed by atoms with E-state index < -0.39 is 14.8 Å². The Morgan fingerprint density at radius 2 is 1.69 bits per heavy atom. The molecule has 0 saturated heterocycles. The van der Waals surface area contributed by atoms with Gasteiger partial charge in [0.1, 0.15) is 5.69 Å². The van der Waals surface area contributed by atoms with Crippen molar-refractivity contribution < 1.29 is 13.3 Å². The highest BCUT2D eigenvalue weighted by Crippen LogP contribution is 2.22. The summed E-state index contributed by atoms with van der Waals surface area (Å²) in [5.74, 6) is 0.613. The molecule has 0 aliphatic rings. The van der Waals surface area contributed by atoms with E-state index in [9.17, 15) is 18.5 Å². The van der Waals surface area contributed by atoms with E-state index in [2.05, 4.69) is 20.9 Å². The molecule has 0 atom stereocenters. The van der Waals surface area contributed by atoms with E-state index in [0.29, 0.717) is 42.6 Å². The molecule has 2 rings (SSSR count). The number of sulfone groups is 1. The number of guanidine groups is 1. The number of anilines is 1. The standard InChI is InChI=1S/C19H25N5O4S/c1-20-19(22-12-11-15-7-9-16(10-8-15)29(2,27)28)23-14-13-21-17-5-3-4-6-18(17)24(25)26/h3-10,21H,11-14H2,1-2H3,(H2,20,22,23). The smallest absolute Gasteiger partial charge is 0.292 e. The van der Waals surface area contributed by atoms with Crippen LogP contribution in [0, 0.1) is 10.1 Å². The van der Waals surface area contributed by atoms with Crippen LogP contribution in [-0.2, 0) is 16.3 Å². The van der Waals surface area contributed by atoms with Gasteiger partial charge in [0.15, 0.2) is 15.8 Å². The molecule has 0 heterocycles. The van der Waals surface area contributed by atoms with E-state index in [0.717, 1.165) is 5.56 Å². The Kier molecular flexibility index (Phi) is 7.96. The minimum atomic E-state index is -3.19. The molecule has 0 radical (unpaired) electrons.